The number of hydrogen-bond donors (Lipinski definition) is 1. The standard InChI is InChI=1S/C22H27FN2O2/c1-25-13-15-12-17(27-16-8-10-24-11-9-16)6-7-18(15)20(14-25)19-4-3-5-21(23)22(19)26-2/h3-7,12,16,20,24H,8-11,13-14H2,1-2H3. The van der Waals surface area contributed by atoms with E-state index in [2.05, 4.69) is 35.5 Å². The first-order valence-electron chi connectivity index (χ1n) is 9.67. The molecule has 0 aliphatic carbocycles. The summed E-state index contributed by atoms with van der Waals surface area (Å²) in [4.78, 5) is 2.27. The number of hydrogen-bond acceptors (Lipinski definition) is 4. The van der Waals surface area contributed by atoms with Crippen LogP contribution in [0.5, 0.6) is 11.5 Å². The van der Waals surface area contributed by atoms with Crippen molar-refractivity contribution in [3.8, 4) is 11.5 Å². The zero-order chi connectivity index (χ0) is 18.8. The van der Waals surface area contributed by atoms with Crippen LogP contribution < -0.4 is 14.8 Å². The van der Waals surface area contributed by atoms with Gasteiger partial charge in [-0.1, -0.05) is 18.2 Å². The van der Waals surface area contributed by atoms with E-state index in [9.17, 15) is 4.39 Å². The molecule has 0 saturated carbocycles. The molecule has 2 heterocycles. The van der Waals surface area contributed by atoms with Crippen molar-refractivity contribution >= 4 is 0 Å². The molecule has 0 aromatic heterocycles. The summed E-state index contributed by atoms with van der Waals surface area (Å²) in [5.41, 5.74) is 3.37. The zero-order valence-corrected chi connectivity index (χ0v) is 16.0. The summed E-state index contributed by atoms with van der Waals surface area (Å²) in [6, 6.07) is 11.5. The molecule has 27 heavy (non-hydrogen) atoms. The fourth-order valence-electron chi connectivity index (χ4n) is 4.28. The van der Waals surface area contributed by atoms with Crippen LogP contribution in [-0.4, -0.2) is 44.8 Å². The number of nitrogens with one attached hydrogen (secondary N) is 1. The number of rotatable bonds is 4. The topological polar surface area (TPSA) is 33.7 Å². The SMILES string of the molecule is COc1c(F)cccc1C1CN(C)Cc2cc(OC3CCNCC3)ccc21. The third-order valence-electron chi connectivity index (χ3n) is 5.59. The lowest BCUT2D eigenvalue weighted by Crippen LogP contribution is -2.34. The van der Waals surface area contributed by atoms with E-state index in [0.29, 0.717) is 5.75 Å². The van der Waals surface area contributed by atoms with E-state index in [4.69, 9.17) is 9.47 Å². The normalized spacial score (nSPS) is 20.9. The van der Waals surface area contributed by atoms with Gasteiger partial charge in [-0.15, -0.1) is 0 Å². The van der Waals surface area contributed by atoms with Gasteiger partial charge in [-0.25, -0.2) is 4.39 Å². The highest BCUT2D eigenvalue weighted by Gasteiger charge is 2.28. The molecule has 0 bridgehead atoms. The van der Waals surface area contributed by atoms with Crippen LogP contribution in [0.3, 0.4) is 0 Å². The first kappa shape index (κ1) is 18.3. The van der Waals surface area contributed by atoms with Crippen molar-refractivity contribution < 1.29 is 13.9 Å². The highest BCUT2D eigenvalue weighted by molar-refractivity contribution is 5.48. The molecule has 1 unspecified atom stereocenters. The molecule has 4 rings (SSSR count). The average Bonchev–Trinajstić information content (AvgIpc) is 2.67. The Hall–Kier alpha value is -2.11. The molecular weight excluding hydrogens is 343 g/mol. The molecule has 1 N–H and O–H groups in total. The highest BCUT2D eigenvalue weighted by Crippen LogP contribution is 2.39. The smallest absolute Gasteiger partial charge is 0.165 e. The van der Waals surface area contributed by atoms with Gasteiger partial charge in [0, 0.05) is 24.6 Å². The number of nitrogens with zero attached hydrogens (tertiary/aromatic N) is 1. The number of likely N-dealkylation sites (N-methyl/N-ethyl adjacent to an activating group) is 1. The fraction of sp³-hybridized carbons (Fsp3) is 0.455. The molecule has 2 aromatic rings. The van der Waals surface area contributed by atoms with Crippen molar-refractivity contribution in [2.75, 3.05) is 33.8 Å². The summed E-state index contributed by atoms with van der Waals surface area (Å²) < 4.78 is 25.8. The lowest BCUT2D eigenvalue weighted by molar-refractivity contribution is 0.162. The van der Waals surface area contributed by atoms with E-state index in [1.54, 1.807) is 6.07 Å². The van der Waals surface area contributed by atoms with Crippen LogP contribution in [-0.2, 0) is 6.54 Å². The van der Waals surface area contributed by atoms with Crippen LogP contribution in [0.25, 0.3) is 0 Å². The summed E-state index contributed by atoms with van der Waals surface area (Å²) in [5.74, 6) is 1.05. The van der Waals surface area contributed by atoms with E-state index < -0.39 is 0 Å². The van der Waals surface area contributed by atoms with Gasteiger partial charge >= 0.3 is 0 Å². The van der Waals surface area contributed by atoms with Crippen LogP contribution in [0.2, 0.25) is 0 Å². The molecule has 0 spiro atoms. The van der Waals surface area contributed by atoms with Gasteiger partial charge in [0.1, 0.15) is 11.9 Å². The molecule has 0 radical (unpaired) electrons. The number of benzene rings is 2. The van der Waals surface area contributed by atoms with Crippen LogP contribution in [0.1, 0.15) is 35.4 Å². The molecule has 1 atom stereocenters. The van der Waals surface area contributed by atoms with E-state index in [0.717, 1.165) is 50.3 Å². The minimum absolute atomic E-state index is 0.0809. The molecule has 1 fully saturated rings. The molecule has 2 aromatic carbocycles. The summed E-state index contributed by atoms with van der Waals surface area (Å²) in [6.45, 7) is 3.73. The molecule has 2 aliphatic rings. The van der Waals surface area contributed by atoms with E-state index in [1.807, 2.05) is 6.07 Å². The Bertz CT molecular complexity index is 805. The second-order valence-corrected chi connectivity index (χ2v) is 7.54. The first-order valence-corrected chi connectivity index (χ1v) is 9.67. The molecule has 2 aliphatic heterocycles. The number of methoxy groups -OCH3 is 1. The lowest BCUT2D eigenvalue weighted by atomic mass is 9.84. The molecule has 4 nitrogen and oxygen atoms in total. The van der Waals surface area contributed by atoms with Crippen LogP contribution in [0, 0.1) is 5.82 Å². The van der Waals surface area contributed by atoms with Crippen LogP contribution in [0.15, 0.2) is 36.4 Å². The number of para-hydroxylation sites is 1. The molecular formula is C22H27FN2O2. The zero-order valence-electron chi connectivity index (χ0n) is 16.0. The van der Waals surface area contributed by atoms with Crippen molar-refractivity contribution in [3.05, 3.63) is 58.9 Å². The second-order valence-electron chi connectivity index (χ2n) is 7.54. The Morgan fingerprint density at radius 1 is 1.11 bits per heavy atom. The predicted octanol–water partition coefficient (Wildman–Crippen LogP) is 3.54. The van der Waals surface area contributed by atoms with Crippen molar-refractivity contribution in [2.45, 2.75) is 31.4 Å². The highest BCUT2D eigenvalue weighted by atomic mass is 19.1. The van der Waals surface area contributed by atoms with Gasteiger partial charge in [0.15, 0.2) is 11.6 Å². The maximum Gasteiger partial charge on any atom is 0.165 e. The van der Waals surface area contributed by atoms with Gasteiger partial charge in [-0.3, -0.25) is 0 Å². The predicted molar refractivity (Wildman–Crippen MR) is 104 cm³/mol. The molecule has 5 heteroatoms. The van der Waals surface area contributed by atoms with Gasteiger partial charge in [0.25, 0.3) is 0 Å². The van der Waals surface area contributed by atoms with Crippen molar-refractivity contribution in [1.29, 1.82) is 0 Å². The largest absolute Gasteiger partial charge is 0.493 e. The Labute approximate surface area is 160 Å². The Morgan fingerprint density at radius 2 is 1.93 bits per heavy atom. The minimum atomic E-state index is -0.310. The van der Waals surface area contributed by atoms with Crippen molar-refractivity contribution in [3.63, 3.8) is 0 Å². The van der Waals surface area contributed by atoms with E-state index in [1.165, 1.54) is 24.3 Å². The van der Waals surface area contributed by atoms with E-state index >= 15 is 0 Å². The average molecular weight is 370 g/mol. The maximum atomic E-state index is 14.2. The Balaban J connectivity index is 1.65. The third kappa shape index (κ3) is 3.80. The number of fused-ring (bicyclic) bond motifs is 1. The summed E-state index contributed by atoms with van der Waals surface area (Å²) in [7, 11) is 3.63. The van der Waals surface area contributed by atoms with Gasteiger partial charge in [0.2, 0.25) is 0 Å². The first-order chi connectivity index (χ1) is 13.2. The molecule has 1 saturated heterocycles. The quantitative estimate of drug-likeness (QED) is 0.893. The Kier molecular flexibility index (Phi) is 5.32. The van der Waals surface area contributed by atoms with Crippen molar-refractivity contribution in [1.82, 2.24) is 10.2 Å². The third-order valence-corrected chi connectivity index (χ3v) is 5.59. The fourth-order valence-corrected chi connectivity index (χ4v) is 4.28. The number of halogens is 1. The summed E-state index contributed by atoms with van der Waals surface area (Å²) in [5, 5.41) is 3.37. The van der Waals surface area contributed by atoms with Gasteiger partial charge in [0.05, 0.1) is 7.11 Å². The molecule has 0 amide bonds. The van der Waals surface area contributed by atoms with E-state index in [-0.39, 0.29) is 17.8 Å². The van der Waals surface area contributed by atoms with Gasteiger partial charge in [-0.2, -0.15) is 0 Å². The van der Waals surface area contributed by atoms with Crippen LogP contribution in [0.4, 0.5) is 4.39 Å². The minimum Gasteiger partial charge on any atom is -0.493 e. The Morgan fingerprint density at radius 3 is 2.70 bits per heavy atom. The molecule has 144 valence electrons. The number of piperidine rings is 1. The maximum absolute atomic E-state index is 14.2. The number of ether oxygens (including phenoxy) is 2. The van der Waals surface area contributed by atoms with Crippen LogP contribution >= 0.6 is 0 Å². The monoisotopic (exact) mass is 370 g/mol. The van der Waals surface area contributed by atoms with Crippen molar-refractivity contribution in [2.24, 2.45) is 0 Å². The summed E-state index contributed by atoms with van der Waals surface area (Å²) in [6.07, 6.45) is 2.37. The summed E-state index contributed by atoms with van der Waals surface area (Å²) >= 11 is 0. The van der Waals surface area contributed by atoms with Gasteiger partial charge < -0.3 is 19.7 Å². The lowest BCUT2D eigenvalue weighted by Gasteiger charge is -2.34. The van der Waals surface area contributed by atoms with Gasteiger partial charge in [-0.05, 0) is 62.3 Å². The second kappa shape index (κ2) is 7.87.